The molecule has 0 unspecified atom stereocenters. The monoisotopic (exact) mass is 357 g/mol. The summed E-state index contributed by atoms with van der Waals surface area (Å²) in [6, 6.07) is 9.60. The summed E-state index contributed by atoms with van der Waals surface area (Å²) < 4.78 is 5.87. The Hall–Kier alpha value is -2.99. The van der Waals surface area contributed by atoms with Crippen molar-refractivity contribution in [3.05, 3.63) is 53.2 Å². The van der Waals surface area contributed by atoms with Gasteiger partial charge >= 0.3 is 0 Å². The Kier molecular flexibility index (Phi) is 4.63. The zero-order valence-electron chi connectivity index (χ0n) is 13.4. The number of nitrogens with one attached hydrogen (secondary N) is 1. The van der Waals surface area contributed by atoms with Crippen LogP contribution in [-0.4, -0.2) is 22.5 Å². The average molecular weight is 358 g/mol. The smallest absolute Gasteiger partial charge is 0.255 e. The molecule has 1 heterocycles. The maximum atomic E-state index is 12.1. The van der Waals surface area contributed by atoms with Crippen molar-refractivity contribution in [2.24, 2.45) is 0 Å². The van der Waals surface area contributed by atoms with E-state index in [1.54, 1.807) is 43.5 Å². The number of ether oxygens (including phenoxy) is 1. The number of fused-ring (bicyclic) bond motifs is 1. The fraction of sp³-hybridized carbons (Fsp3) is 0.111. The number of pyridine rings is 1. The van der Waals surface area contributed by atoms with Gasteiger partial charge in [0.15, 0.2) is 0 Å². The standard InChI is InChI=1S/C18H16ClN3O3/c1-2-21-18(24)12-8-11-15(9-16(12)23)22-6-5-17(11)25-10-3-4-14(20)13(19)7-10/h3-9,23H,2,20H2,1H3,(H,21,24). The van der Waals surface area contributed by atoms with Gasteiger partial charge in [-0.05, 0) is 31.2 Å². The molecule has 0 aliphatic carbocycles. The number of anilines is 1. The lowest BCUT2D eigenvalue weighted by Crippen LogP contribution is -2.22. The van der Waals surface area contributed by atoms with Gasteiger partial charge in [0.1, 0.15) is 17.2 Å². The molecule has 25 heavy (non-hydrogen) atoms. The number of benzene rings is 2. The maximum absolute atomic E-state index is 12.1. The number of rotatable bonds is 4. The molecule has 4 N–H and O–H groups in total. The highest BCUT2D eigenvalue weighted by molar-refractivity contribution is 6.33. The summed E-state index contributed by atoms with van der Waals surface area (Å²) >= 11 is 6.02. The van der Waals surface area contributed by atoms with Crippen LogP contribution in [-0.2, 0) is 0 Å². The summed E-state index contributed by atoms with van der Waals surface area (Å²) in [5.41, 5.74) is 6.82. The summed E-state index contributed by atoms with van der Waals surface area (Å²) in [6.45, 7) is 2.26. The van der Waals surface area contributed by atoms with Gasteiger partial charge in [0.25, 0.3) is 5.91 Å². The Morgan fingerprint density at radius 1 is 1.32 bits per heavy atom. The quantitative estimate of drug-likeness (QED) is 0.618. The molecule has 1 amide bonds. The molecule has 3 aromatic rings. The van der Waals surface area contributed by atoms with Gasteiger partial charge in [0.05, 0.1) is 21.8 Å². The van der Waals surface area contributed by atoms with E-state index < -0.39 is 0 Å². The number of nitrogen functional groups attached to an aromatic ring is 1. The van der Waals surface area contributed by atoms with Crippen molar-refractivity contribution in [1.82, 2.24) is 10.3 Å². The number of carbonyl (C=O) groups is 1. The first-order valence-electron chi connectivity index (χ1n) is 7.62. The molecule has 1 aromatic heterocycles. The van der Waals surface area contributed by atoms with E-state index in [4.69, 9.17) is 22.1 Å². The normalized spacial score (nSPS) is 10.6. The van der Waals surface area contributed by atoms with Crippen molar-refractivity contribution in [1.29, 1.82) is 0 Å². The summed E-state index contributed by atoms with van der Waals surface area (Å²) in [4.78, 5) is 16.3. The van der Waals surface area contributed by atoms with E-state index in [1.165, 1.54) is 6.07 Å². The van der Waals surface area contributed by atoms with Crippen molar-refractivity contribution in [3.8, 4) is 17.2 Å². The number of phenols is 1. The minimum Gasteiger partial charge on any atom is -0.507 e. The highest BCUT2D eigenvalue weighted by Crippen LogP contribution is 2.34. The van der Waals surface area contributed by atoms with E-state index in [0.29, 0.717) is 39.7 Å². The van der Waals surface area contributed by atoms with E-state index in [9.17, 15) is 9.90 Å². The Morgan fingerprint density at radius 2 is 2.12 bits per heavy atom. The van der Waals surface area contributed by atoms with Crippen LogP contribution in [0.1, 0.15) is 17.3 Å². The van der Waals surface area contributed by atoms with Gasteiger partial charge in [-0.15, -0.1) is 0 Å². The molecular weight excluding hydrogens is 342 g/mol. The second kappa shape index (κ2) is 6.86. The summed E-state index contributed by atoms with van der Waals surface area (Å²) in [5.74, 6) is 0.474. The highest BCUT2D eigenvalue weighted by atomic mass is 35.5. The zero-order valence-corrected chi connectivity index (χ0v) is 14.2. The molecule has 0 saturated heterocycles. The van der Waals surface area contributed by atoms with E-state index in [-0.39, 0.29) is 17.2 Å². The number of carbonyl (C=O) groups excluding carboxylic acids is 1. The van der Waals surface area contributed by atoms with Gasteiger partial charge < -0.3 is 20.9 Å². The SMILES string of the molecule is CCNC(=O)c1cc2c(Oc3ccc(N)c(Cl)c3)ccnc2cc1O. The number of amides is 1. The average Bonchev–Trinajstić information content (AvgIpc) is 2.58. The lowest BCUT2D eigenvalue weighted by Gasteiger charge is -2.11. The molecule has 0 aliphatic heterocycles. The minimum atomic E-state index is -0.368. The third-order valence-corrected chi connectivity index (χ3v) is 3.93. The van der Waals surface area contributed by atoms with Crippen LogP contribution in [0.2, 0.25) is 5.02 Å². The maximum Gasteiger partial charge on any atom is 0.255 e. The lowest BCUT2D eigenvalue weighted by atomic mass is 10.1. The van der Waals surface area contributed by atoms with Gasteiger partial charge in [0, 0.05) is 30.3 Å². The summed E-state index contributed by atoms with van der Waals surface area (Å²) in [5, 5.41) is 13.7. The second-order valence-corrected chi connectivity index (χ2v) is 5.75. The number of aromatic hydroxyl groups is 1. The van der Waals surface area contributed by atoms with Crippen LogP contribution in [0.15, 0.2) is 42.6 Å². The zero-order chi connectivity index (χ0) is 18.0. The Labute approximate surface area is 149 Å². The second-order valence-electron chi connectivity index (χ2n) is 5.34. The first-order chi connectivity index (χ1) is 12.0. The van der Waals surface area contributed by atoms with Crippen LogP contribution in [0.3, 0.4) is 0 Å². The topological polar surface area (TPSA) is 97.5 Å². The molecule has 6 nitrogen and oxygen atoms in total. The van der Waals surface area contributed by atoms with Crippen LogP contribution < -0.4 is 15.8 Å². The highest BCUT2D eigenvalue weighted by Gasteiger charge is 2.15. The summed E-state index contributed by atoms with van der Waals surface area (Å²) in [7, 11) is 0. The van der Waals surface area contributed by atoms with E-state index >= 15 is 0 Å². The molecule has 0 saturated carbocycles. The van der Waals surface area contributed by atoms with Crippen molar-refractivity contribution >= 4 is 34.1 Å². The van der Waals surface area contributed by atoms with E-state index in [0.717, 1.165) is 0 Å². The first kappa shape index (κ1) is 16.9. The van der Waals surface area contributed by atoms with Crippen molar-refractivity contribution in [2.45, 2.75) is 6.92 Å². The molecular formula is C18H16ClN3O3. The third-order valence-electron chi connectivity index (χ3n) is 3.60. The molecule has 0 spiro atoms. The van der Waals surface area contributed by atoms with Crippen LogP contribution in [0.4, 0.5) is 5.69 Å². The predicted octanol–water partition coefficient (Wildman–Crippen LogP) is 3.72. The number of hydrogen-bond donors (Lipinski definition) is 3. The molecule has 0 fully saturated rings. The van der Waals surface area contributed by atoms with Crippen LogP contribution in [0, 0.1) is 0 Å². The van der Waals surface area contributed by atoms with E-state index in [2.05, 4.69) is 10.3 Å². The van der Waals surface area contributed by atoms with E-state index in [1.807, 2.05) is 0 Å². The first-order valence-corrected chi connectivity index (χ1v) is 8.00. The molecule has 7 heteroatoms. The number of hydrogen-bond acceptors (Lipinski definition) is 5. The van der Waals surface area contributed by atoms with Crippen molar-refractivity contribution in [3.63, 3.8) is 0 Å². The molecule has 0 aliphatic rings. The Balaban J connectivity index is 2.07. The number of phenolic OH excluding ortho intramolecular Hbond substituents is 1. The largest absolute Gasteiger partial charge is 0.507 e. The van der Waals surface area contributed by atoms with Gasteiger partial charge in [-0.3, -0.25) is 9.78 Å². The van der Waals surface area contributed by atoms with Crippen molar-refractivity contribution < 1.29 is 14.6 Å². The van der Waals surface area contributed by atoms with Crippen molar-refractivity contribution in [2.75, 3.05) is 12.3 Å². The summed E-state index contributed by atoms with van der Waals surface area (Å²) in [6.07, 6.45) is 1.56. The number of aromatic nitrogens is 1. The number of halogens is 1. The molecule has 128 valence electrons. The van der Waals surface area contributed by atoms with Gasteiger partial charge in [-0.1, -0.05) is 11.6 Å². The molecule has 0 atom stereocenters. The van der Waals surface area contributed by atoms with Gasteiger partial charge in [0.2, 0.25) is 0 Å². The lowest BCUT2D eigenvalue weighted by molar-refractivity contribution is 0.0953. The van der Waals surface area contributed by atoms with Crippen LogP contribution >= 0.6 is 11.6 Å². The molecule has 0 radical (unpaired) electrons. The van der Waals surface area contributed by atoms with Gasteiger partial charge in [-0.2, -0.15) is 0 Å². The number of nitrogens with two attached hydrogens (primary N) is 1. The van der Waals surface area contributed by atoms with Gasteiger partial charge in [-0.25, -0.2) is 0 Å². The Bertz CT molecular complexity index is 960. The predicted molar refractivity (Wildman–Crippen MR) is 97.4 cm³/mol. The molecule has 0 bridgehead atoms. The molecule has 2 aromatic carbocycles. The fourth-order valence-corrected chi connectivity index (χ4v) is 2.55. The van der Waals surface area contributed by atoms with Crippen LogP contribution in [0.25, 0.3) is 10.9 Å². The third kappa shape index (κ3) is 3.44. The minimum absolute atomic E-state index is 0.140. The Morgan fingerprint density at radius 3 is 2.84 bits per heavy atom. The fourth-order valence-electron chi connectivity index (χ4n) is 2.38. The van der Waals surface area contributed by atoms with Crippen LogP contribution in [0.5, 0.6) is 17.2 Å². The number of nitrogens with zero attached hydrogens (tertiary/aromatic N) is 1. The molecule has 3 rings (SSSR count).